The number of hydrogen-bond donors (Lipinski definition) is 0. The Kier molecular flexibility index (Phi) is 9.49. The second-order valence-electron chi connectivity index (χ2n) is 7.03. The van der Waals surface area contributed by atoms with E-state index >= 15 is 0 Å². The first kappa shape index (κ1) is 32.9. The lowest BCUT2D eigenvalue weighted by atomic mass is 9.90. The third kappa shape index (κ3) is 5.51. The molecule has 208 valence electrons. The second kappa shape index (κ2) is 10.1. The van der Waals surface area contributed by atoms with E-state index in [0.717, 1.165) is 0 Å². The van der Waals surface area contributed by atoms with Crippen molar-refractivity contribution in [3.05, 3.63) is 0 Å². The second-order valence-corrected chi connectivity index (χ2v) is 7.03. The van der Waals surface area contributed by atoms with E-state index in [4.69, 9.17) is 0 Å². The molecule has 0 N–H and O–H groups in total. The molecule has 19 heteroatoms. The number of carbonyl (C=O) groups is 2. The van der Waals surface area contributed by atoms with E-state index in [0.29, 0.717) is 12.8 Å². The summed E-state index contributed by atoms with van der Waals surface area (Å²) in [5.74, 6) is -53.7. The molecule has 35 heavy (non-hydrogen) atoms. The minimum atomic E-state index is -8.50. The van der Waals surface area contributed by atoms with Crippen molar-refractivity contribution in [3.8, 4) is 0 Å². The number of carbonyl (C=O) groups excluding carboxylic acids is 2. The molecule has 0 radical (unpaired) electrons. The van der Waals surface area contributed by atoms with E-state index in [1.807, 2.05) is 0 Å². The normalized spacial score (nSPS) is 14.7. The molecule has 0 aliphatic carbocycles. The molecule has 0 aromatic rings. The number of amides is 1. The summed E-state index contributed by atoms with van der Waals surface area (Å²) in [6, 6.07) is 0. The number of likely N-dealkylation sites (N-methyl/N-ethyl adjacent to an activating group) is 1. The topological polar surface area (TPSA) is 46.6 Å². The zero-order valence-corrected chi connectivity index (χ0v) is 17.4. The van der Waals surface area contributed by atoms with Crippen LogP contribution >= 0.6 is 0 Å². The Bertz CT molecular complexity index is 764. The molecule has 1 amide bonds. The van der Waals surface area contributed by atoms with Crippen LogP contribution in [0.1, 0.15) is 26.2 Å². The van der Waals surface area contributed by atoms with Gasteiger partial charge in [0.2, 0.25) is 0 Å². The summed E-state index contributed by atoms with van der Waals surface area (Å²) in [4.78, 5) is 22.1. The summed E-state index contributed by atoms with van der Waals surface area (Å²) < 4.78 is 201. The van der Waals surface area contributed by atoms with E-state index < -0.39 is 65.0 Å². The lowest BCUT2D eigenvalue weighted by Crippen LogP contribution is -2.74. The van der Waals surface area contributed by atoms with Gasteiger partial charge in [0.1, 0.15) is 6.54 Å². The van der Waals surface area contributed by atoms with Crippen LogP contribution in [0.15, 0.2) is 0 Å². The van der Waals surface area contributed by atoms with Crippen molar-refractivity contribution in [2.24, 2.45) is 0 Å². The predicted octanol–water partition coefficient (Wildman–Crippen LogP) is 5.55. The average molecular weight is 555 g/mol. The molecule has 0 aliphatic rings. The van der Waals surface area contributed by atoms with Crippen molar-refractivity contribution in [1.82, 2.24) is 4.90 Å². The number of rotatable bonds is 12. The summed E-state index contributed by atoms with van der Waals surface area (Å²) in [5, 5.41) is 0. The molecule has 0 saturated heterocycles. The lowest BCUT2D eigenvalue weighted by molar-refractivity contribution is -0.449. The van der Waals surface area contributed by atoms with Gasteiger partial charge in [-0.1, -0.05) is 19.8 Å². The monoisotopic (exact) mass is 555 g/mol. The molecule has 0 spiro atoms. The Balaban J connectivity index is 6.10. The molecule has 0 aliphatic heterocycles. The van der Waals surface area contributed by atoms with E-state index in [2.05, 4.69) is 4.74 Å². The molecule has 0 unspecified atom stereocenters. The van der Waals surface area contributed by atoms with Crippen LogP contribution in [-0.2, 0) is 14.3 Å². The third-order valence-corrected chi connectivity index (χ3v) is 4.32. The van der Waals surface area contributed by atoms with Crippen LogP contribution in [0.25, 0.3) is 0 Å². The van der Waals surface area contributed by atoms with Crippen molar-refractivity contribution >= 4 is 11.9 Å². The largest absolute Gasteiger partial charge is 0.464 e. The van der Waals surface area contributed by atoms with Gasteiger partial charge in [-0.05, 0) is 6.42 Å². The summed E-state index contributed by atoms with van der Waals surface area (Å²) in [7, 11) is 0.0579. The van der Waals surface area contributed by atoms with Gasteiger partial charge >= 0.3 is 47.7 Å². The highest BCUT2D eigenvalue weighted by atomic mass is 19.4. The van der Waals surface area contributed by atoms with E-state index in [1.165, 1.54) is 0 Å². The molecule has 0 aromatic heterocycles. The van der Waals surface area contributed by atoms with Crippen molar-refractivity contribution in [3.63, 3.8) is 0 Å². The fourth-order valence-corrected chi connectivity index (χ4v) is 2.19. The first-order chi connectivity index (χ1) is 15.3. The highest BCUT2D eigenvalue weighted by Gasteiger charge is 2.94. The third-order valence-electron chi connectivity index (χ3n) is 4.32. The first-order valence-corrected chi connectivity index (χ1v) is 9.03. The predicted molar refractivity (Wildman–Crippen MR) is 83.9 cm³/mol. The van der Waals surface area contributed by atoms with Gasteiger partial charge in [0.05, 0.1) is 6.61 Å². The highest BCUT2D eigenvalue weighted by molar-refractivity contribution is 5.88. The molecule has 0 rings (SSSR count). The Morgan fingerprint density at radius 3 is 1.46 bits per heavy atom. The fourth-order valence-electron chi connectivity index (χ4n) is 2.19. The van der Waals surface area contributed by atoms with Crippen molar-refractivity contribution in [1.29, 1.82) is 0 Å². The van der Waals surface area contributed by atoms with E-state index in [-0.39, 0.29) is 20.1 Å². The number of halogens is 15. The van der Waals surface area contributed by atoms with Crippen LogP contribution in [0.3, 0.4) is 0 Å². The number of ether oxygens (including phenoxy) is 1. The van der Waals surface area contributed by atoms with Gasteiger partial charge in [-0.2, -0.15) is 65.9 Å². The maximum atomic E-state index is 13.8. The summed E-state index contributed by atoms with van der Waals surface area (Å²) in [5.41, 5.74) is 0. The van der Waals surface area contributed by atoms with E-state index in [1.54, 1.807) is 6.92 Å². The van der Waals surface area contributed by atoms with Crippen LogP contribution in [0.2, 0.25) is 0 Å². The van der Waals surface area contributed by atoms with E-state index in [9.17, 15) is 75.4 Å². The van der Waals surface area contributed by atoms with Gasteiger partial charge < -0.3 is 9.64 Å². The summed E-state index contributed by atoms with van der Waals surface area (Å²) in [6.45, 7) is -0.356. The number of esters is 1. The van der Waals surface area contributed by atoms with Crippen molar-refractivity contribution in [2.45, 2.75) is 67.9 Å². The fraction of sp³-hybridized carbons (Fsp3) is 0.875. The van der Waals surface area contributed by atoms with Gasteiger partial charge in [0.15, 0.2) is 0 Å². The molecule has 0 fully saturated rings. The zero-order chi connectivity index (χ0) is 28.5. The van der Waals surface area contributed by atoms with Gasteiger partial charge in [-0.25, -0.2) is 0 Å². The minimum Gasteiger partial charge on any atom is -0.464 e. The molecule has 4 nitrogen and oxygen atoms in total. The molecule has 0 heterocycles. The Morgan fingerprint density at radius 1 is 0.657 bits per heavy atom. The van der Waals surface area contributed by atoms with Crippen LogP contribution in [0.4, 0.5) is 65.9 Å². The summed E-state index contributed by atoms with van der Waals surface area (Å²) in [6.07, 6.45) is -6.44. The molecule has 0 bridgehead atoms. The van der Waals surface area contributed by atoms with Crippen LogP contribution in [0.5, 0.6) is 0 Å². The standard InChI is InChI=1S/C16H16F15NO3/c1-3-4-5-6-35-8(33)7-32(2)9(34)10(17,18)11(19,20)12(21,22)13(23,24)14(25,26)15(27,28)16(29,30)31/h3-7H2,1-2H3. The molecular weight excluding hydrogens is 539 g/mol. The Labute approximate surface area is 186 Å². The minimum absolute atomic E-state index is 0.0579. The molecular formula is C16H16F15NO3. The number of nitrogens with zero attached hydrogens (tertiary/aromatic N) is 1. The van der Waals surface area contributed by atoms with Crippen molar-refractivity contribution < 1.29 is 80.2 Å². The van der Waals surface area contributed by atoms with Crippen LogP contribution < -0.4 is 0 Å². The summed E-state index contributed by atoms with van der Waals surface area (Å²) >= 11 is 0. The van der Waals surface area contributed by atoms with Gasteiger partial charge in [0.25, 0.3) is 5.91 Å². The lowest BCUT2D eigenvalue weighted by Gasteiger charge is -2.41. The van der Waals surface area contributed by atoms with Gasteiger partial charge in [-0.15, -0.1) is 0 Å². The smallest absolute Gasteiger partial charge is 0.460 e. The van der Waals surface area contributed by atoms with Gasteiger partial charge in [-0.3, -0.25) is 9.59 Å². The average Bonchev–Trinajstić information content (AvgIpc) is 2.68. The highest BCUT2D eigenvalue weighted by Crippen LogP contribution is 2.62. The number of alkyl halides is 15. The Hall–Kier alpha value is -2.11. The molecule has 0 saturated carbocycles. The number of unbranched alkanes of at least 4 members (excludes halogenated alkanes) is 2. The number of hydrogen-bond acceptors (Lipinski definition) is 3. The van der Waals surface area contributed by atoms with Crippen molar-refractivity contribution in [2.75, 3.05) is 20.2 Å². The maximum Gasteiger partial charge on any atom is 0.460 e. The zero-order valence-electron chi connectivity index (χ0n) is 17.4. The SMILES string of the molecule is CCCCCOC(=O)CN(C)C(=O)C(F)(F)C(F)(F)C(F)(F)C(F)(F)C(F)(F)C(F)(F)C(F)(F)F. The quantitative estimate of drug-likeness (QED) is 0.180. The maximum absolute atomic E-state index is 13.8. The Morgan fingerprint density at radius 2 is 1.06 bits per heavy atom. The first-order valence-electron chi connectivity index (χ1n) is 9.03. The van der Waals surface area contributed by atoms with Crippen LogP contribution in [-0.4, -0.2) is 78.7 Å². The molecule has 0 aromatic carbocycles. The van der Waals surface area contributed by atoms with Crippen LogP contribution in [0, 0.1) is 0 Å². The molecule has 0 atom stereocenters. The van der Waals surface area contributed by atoms with Gasteiger partial charge in [0, 0.05) is 7.05 Å².